The van der Waals surface area contributed by atoms with Gasteiger partial charge in [0, 0.05) is 25.6 Å². The summed E-state index contributed by atoms with van der Waals surface area (Å²) in [4.78, 5) is 16.1. The third-order valence-electron chi connectivity index (χ3n) is 3.62. The molecule has 1 atom stereocenters. The molecule has 1 unspecified atom stereocenters. The third kappa shape index (κ3) is 8.43. The fourth-order valence-electron chi connectivity index (χ4n) is 2.08. The molecule has 0 spiro atoms. The quantitative estimate of drug-likeness (QED) is 0.330. The number of aliphatic imine (C=N–C) groups is 1. The summed E-state index contributed by atoms with van der Waals surface area (Å²) in [5, 5.41) is 9.87. The van der Waals surface area contributed by atoms with Crippen molar-refractivity contribution in [2.45, 2.75) is 40.2 Å². The summed E-state index contributed by atoms with van der Waals surface area (Å²) in [6, 6.07) is 7.44. The van der Waals surface area contributed by atoms with Crippen LogP contribution in [0.3, 0.4) is 0 Å². The molecule has 0 saturated carbocycles. The van der Waals surface area contributed by atoms with E-state index in [2.05, 4.69) is 27.9 Å². The SMILES string of the molecule is CCNC(=NCC(CC)Oc1ccccc1Cl)NCCNC(=O)C(C)C. The van der Waals surface area contributed by atoms with Gasteiger partial charge >= 0.3 is 0 Å². The van der Waals surface area contributed by atoms with Crippen LogP contribution in [0.15, 0.2) is 29.3 Å². The van der Waals surface area contributed by atoms with Crippen LogP contribution in [0.1, 0.15) is 34.1 Å². The van der Waals surface area contributed by atoms with E-state index in [9.17, 15) is 4.79 Å². The van der Waals surface area contributed by atoms with Crippen LogP contribution in [-0.2, 0) is 4.79 Å². The molecule has 0 fully saturated rings. The minimum absolute atomic E-state index is 0.0100. The predicted octanol–water partition coefficient (Wildman–Crippen LogP) is 2.82. The Morgan fingerprint density at radius 1 is 1.15 bits per heavy atom. The fraction of sp³-hybridized carbons (Fsp3) is 0.579. The van der Waals surface area contributed by atoms with E-state index in [4.69, 9.17) is 16.3 Å². The molecule has 0 aromatic heterocycles. The number of hydrogen-bond donors (Lipinski definition) is 3. The molecular formula is C19H31ClN4O2. The van der Waals surface area contributed by atoms with E-state index in [-0.39, 0.29) is 17.9 Å². The summed E-state index contributed by atoms with van der Waals surface area (Å²) in [6.45, 7) is 10.2. The zero-order valence-corrected chi connectivity index (χ0v) is 16.9. The molecule has 0 aliphatic heterocycles. The lowest BCUT2D eigenvalue weighted by atomic mass is 10.2. The normalized spacial score (nSPS) is 12.6. The van der Waals surface area contributed by atoms with Gasteiger partial charge < -0.3 is 20.7 Å². The summed E-state index contributed by atoms with van der Waals surface area (Å²) in [5.41, 5.74) is 0. The standard InChI is InChI=1S/C19H31ClN4O2/c1-5-15(26-17-10-8-7-9-16(17)20)13-24-19(21-6-2)23-12-11-22-18(25)14(3)4/h7-10,14-15H,5-6,11-13H2,1-4H3,(H,22,25)(H2,21,23,24). The smallest absolute Gasteiger partial charge is 0.222 e. The second kappa shape index (κ2) is 12.4. The Morgan fingerprint density at radius 2 is 1.85 bits per heavy atom. The Hall–Kier alpha value is -1.95. The molecule has 1 aromatic carbocycles. The van der Waals surface area contributed by atoms with Gasteiger partial charge in [0.15, 0.2) is 5.96 Å². The lowest BCUT2D eigenvalue weighted by molar-refractivity contribution is -0.123. The van der Waals surface area contributed by atoms with Gasteiger partial charge in [-0.1, -0.05) is 44.5 Å². The summed E-state index contributed by atoms with van der Waals surface area (Å²) >= 11 is 6.15. The first-order chi connectivity index (χ1) is 12.5. The van der Waals surface area contributed by atoms with Gasteiger partial charge in [-0.25, -0.2) is 4.99 Å². The Kier molecular flexibility index (Phi) is 10.5. The maximum atomic E-state index is 11.6. The fourth-order valence-corrected chi connectivity index (χ4v) is 2.26. The van der Waals surface area contributed by atoms with Crippen molar-refractivity contribution in [1.82, 2.24) is 16.0 Å². The van der Waals surface area contributed by atoms with Crippen LogP contribution >= 0.6 is 11.6 Å². The predicted molar refractivity (Wildman–Crippen MR) is 108 cm³/mol. The summed E-state index contributed by atoms with van der Waals surface area (Å²) < 4.78 is 5.95. The van der Waals surface area contributed by atoms with Crippen LogP contribution in [0.5, 0.6) is 5.75 Å². The van der Waals surface area contributed by atoms with Crippen LogP contribution in [-0.4, -0.2) is 44.1 Å². The third-order valence-corrected chi connectivity index (χ3v) is 3.94. The Balaban J connectivity index is 2.52. The summed E-state index contributed by atoms with van der Waals surface area (Å²) in [6.07, 6.45) is 0.754. The van der Waals surface area contributed by atoms with Crippen molar-refractivity contribution in [2.75, 3.05) is 26.2 Å². The molecule has 0 aliphatic carbocycles. The topological polar surface area (TPSA) is 74.8 Å². The molecule has 1 amide bonds. The first kappa shape index (κ1) is 22.1. The first-order valence-corrected chi connectivity index (χ1v) is 9.56. The largest absolute Gasteiger partial charge is 0.487 e. The Labute approximate surface area is 161 Å². The van der Waals surface area contributed by atoms with Crippen LogP contribution in [0, 0.1) is 5.92 Å². The average molecular weight is 383 g/mol. The molecule has 0 saturated heterocycles. The number of halogens is 1. The van der Waals surface area contributed by atoms with E-state index < -0.39 is 0 Å². The highest BCUT2D eigenvalue weighted by Crippen LogP contribution is 2.24. The molecule has 0 heterocycles. The highest BCUT2D eigenvalue weighted by Gasteiger charge is 2.11. The molecule has 26 heavy (non-hydrogen) atoms. The summed E-state index contributed by atoms with van der Waals surface area (Å²) in [5.74, 6) is 1.41. The molecule has 0 aliphatic rings. The number of nitrogens with zero attached hydrogens (tertiary/aromatic N) is 1. The number of carbonyl (C=O) groups excluding carboxylic acids is 1. The first-order valence-electron chi connectivity index (χ1n) is 9.18. The molecule has 7 heteroatoms. The summed E-state index contributed by atoms with van der Waals surface area (Å²) in [7, 11) is 0. The average Bonchev–Trinajstić information content (AvgIpc) is 2.62. The number of carbonyl (C=O) groups is 1. The van der Waals surface area contributed by atoms with Crippen molar-refractivity contribution in [3.63, 3.8) is 0 Å². The van der Waals surface area contributed by atoms with E-state index >= 15 is 0 Å². The van der Waals surface area contributed by atoms with Crippen LogP contribution < -0.4 is 20.7 Å². The minimum Gasteiger partial charge on any atom is -0.487 e. The van der Waals surface area contributed by atoms with Crippen molar-refractivity contribution in [3.8, 4) is 5.75 Å². The molecule has 0 radical (unpaired) electrons. The lowest BCUT2D eigenvalue weighted by Gasteiger charge is -2.18. The van der Waals surface area contributed by atoms with E-state index in [1.165, 1.54) is 0 Å². The number of amides is 1. The molecule has 6 nitrogen and oxygen atoms in total. The molecule has 1 aromatic rings. The monoisotopic (exact) mass is 382 g/mol. The van der Waals surface area contributed by atoms with Gasteiger partial charge in [0.2, 0.25) is 5.91 Å². The number of benzene rings is 1. The Bertz CT molecular complexity index is 578. The molecular weight excluding hydrogens is 352 g/mol. The highest BCUT2D eigenvalue weighted by molar-refractivity contribution is 6.32. The van der Waals surface area contributed by atoms with E-state index in [1.807, 2.05) is 45.0 Å². The van der Waals surface area contributed by atoms with Crippen molar-refractivity contribution in [3.05, 3.63) is 29.3 Å². The maximum Gasteiger partial charge on any atom is 0.222 e. The minimum atomic E-state index is -0.0639. The number of rotatable bonds is 10. The van der Waals surface area contributed by atoms with Gasteiger partial charge in [0.05, 0.1) is 11.6 Å². The highest BCUT2D eigenvalue weighted by atomic mass is 35.5. The van der Waals surface area contributed by atoms with Crippen LogP contribution in [0.2, 0.25) is 5.02 Å². The van der Waals surface area contributed by atoms with E-state index in [0.717, 1.165) is 13.0 Å². The second-order valence-electron chi connectivity index (χ2n) is 6.17. The van der Waals surface area contributed by atoms with Crippen LogP contribution in [0.4, 0.5) is 0 Å². The maximum absolute atomic E-state index is 11.6. The molecule has 0 bridgehead atoms. The van der Waals surface area contributed by atoms with Crippen molar-refractivity contribution in [2.24, 2.45) is 10.9 Å². The second-order valence-corrected chi connectivity index (χ2v) is 6.58. The number of hydrogen-bond acceptors (Lipinski definition) is 3. The molecule has 1 rings (SSSR count). The van der Waals surface area contributed by atoms with E-state index in [1.54, 1.807) is 0 Å². The number of ether oxygens (including phenoxy) is 1. The number of nitrogens with one attached hydrogen (secondary N) is 3. The van der Waals surface area contributed by atoms with Crippen LogP contribution in [0.25, 0.3) is 0 Å². The van der Waals surface area contributed by atoms with E-state index in [0.29, 0.717) is 36.4 Å². The van der Waals surface area contributed by atoms with Gasteiger partial charge in [-0.05, 0) is 25.5 Å². The van der Waals surface area contributed by atoms with Gasteiger partial charge in [-0.3, -0.25) is 4.79 Å². The Morgan fingerprint density at radius 3 is 2.46 bits per heavy atom. The van der Waals surface area contributed by atoms with Gasteiger partial charge in [-0.2, -0.15) is 0 Å². The van der Waals surface area contributed by atoms with Gasteiger partial charge in [0.25, 0.3) is 0 Å². The van der Waals surface area contributed by atoms with Gasteiger partial charge in [-0.15, -0.1) is 0 Å². The lowest BCUT2D eigenvalue weighted by Crippen LogP contribution is -2.42. The number of para-hydroxylation sites is 1. The zero-order valence-electron chi connectivity index (χ0n) is 16.1. The van der Waals surface area contributed by atoms with Crippen molar-refractivity contribution in [1.29, 1.82) is 0 Å². The number of guanidine groups is 1. The molecule has 3 N–H and O–H groups in total. The zero-order chi connectivity index (χ0) is 19.4. The van der Waals surface area contributed by atoms with Crippen molar-refractivity contribution >= 4 is 23.5 Å². The van der Waals surface area contributed by atoms with Crippen molar-refractivity contribution < 1.29 is 9.53 Å². The molecule has 146 valence electrons. The van der Waals surface area contributed by atoms with Gasteiger partial charge in [0.1, 0.15) is 11.9 Å².